The van der Waals surface area contributed by atoms with Crippen LogP contribution in [0.2, 0.25) is 0 Å². The van der Waals surface area contributed by atoms with Crippen LogP contribution in [0.3, 0.4) is 0 Å². The van der Waals surface area contributed by atoms with E-state index in [1.807, 2.05) is 24.3 Å². The maximum atomic E-state index is 6.98. The summed E-state index contributed by atoms with van der Waals surface area (Å²) in [4.78, 5) is 18.0. The van der Waals surface area contributed by atoms with Crippen molar-refractivity contribution in [3.05, 3.63) is 217 Å². The van der Waals surface area contributed by atoms with Crippen molar-refractivity contribution >= 4 is 49.8 Å². The number of nitrogens with zero attached hydrogens (tertiary/aromatic N) is 4. The maximum absolute atomic E-state index is 6.98. The van der Waals surface area contributed by atoms with Gasteiger partial charge in [0.2, 0.25) is 0 Å². The summed E-state index contributed by atoms with van der Waals surface area (Å²) >= 11 is 0. The lowest BCUT2D eigenvalue weighted by molar-refractivity contribution is 0.660. The molecule has 0 fully saturated rings. The molecule has 2 heterocycles. The Morgan fingerprint density at radius 1 is 0.397 bits per heavy atom. The van der Waals surface area contributed by atoms with Crippen LogP contribution >= 0.6 is 0 Å². The van der Waals surface area contributed by atoms with E-state index < -0.39 is 0 Å². The number of fused-ring (bicyclic) bond motifs is 8. The quantitative estimate of drug-likeness (QED) is 0.160. The molecule has 5 nitrogen and oxygen atoms in total. The van der Waals surface area contributed by atoms with Gasteiger partial charge in [0, 0.05) is 55.5 Å². The fourth-order valence-electron chi connectivity index (χ4n) is 9.64. The second-order valence-corrected chi connectivity index (χ2v) is 16.8. The van der Waals surface area contributed by atoms with Crippen molar-refractivity contribution in [1.82, 2.24) is 15.0 Å². The van der Waals surface area contributed by atoms with E-state index in [2.05, 4.69) is 201 Å². The number of rotatable bonds is 7. The van der Waals surface area contributed by atoms with Gasteiger partial charge in [-0.1, -0.05) is 166 Å². The molecule has 0 saturated heterocycles. The molecule has 63 heavy (non-hydrogen) atoms. The standard InChI is InChI=1S/C58H40N4O/c1-58(2)49-27-15-14-25-45(49)46-34-31-40(36-50(46)58)56-59-55(38-17-6-3-7-18-38)60-57(61-56)47-26-16-28-51-52(47)53-44-24-13-12-19-39(44)35-48(54(53)63-51)37-29-32-43(33-30-37)62(41-20-8-4-9-21-41)42-22-10-5-11-23-42/h3-36H,1-2H3. The Balaban J connectivity index is 1.04. The van der Waals surface area contributed by atoms with Crippen LogP contribution in [0.1, 0.15) is 25.0 Å². The minimum absolute atomic E-state index is 0.163. The van der Waals surface area contributed by atoms with Crippen LogP contribution in [0.4, 0.5) is 17.1 Å². The summed E-state index contributed by atoms with van der Waals surface area (Å²) in [6.45, 7) is 4.61. The first-order chi connectivity index (χ1) is 31.0. The number of anilines is 3. The van der Waals surface area contributed by atoms with E-state index >= 15 is 0 Å². The molecular formula is C58H40N4O. The third-order valence-electron chi connectivity index (χ3n) is 12.7. The minimum Gasteiger partial charge on any atom is -0.455 e. The van der Waals surface area contributed by atoms with Crippen molar-refractivity contribution < 1.29 is 4.42 Å². The van der Waals surface area contributed by atoms with Gasteiger partial charge in [-0.15, -0.1) is 0 Å². The number of furan rings is 1. The normalized spacial score (nSPS) is 12.7. The molecule has 11 aromatic rings. The lowest BCUT2D eigenvalue weighted by atomic mass is 9.82. The van der Waals surface area contributed by atoms with Crippen molar-refractivity contribution in [1.29, 1.82) is 0 Å². The van der Waals surface area contributed by atoms with Crippen LogP contribution in [-0.2, 0) is 5.41 Å². The van der Waals surface area contributed by atoms with Gasteiger partial charge in [0.1, 0.15) is 11.2 Å². The Bertz CT molecular complexity index is 3480. The van der Waals surface area contributed by atoms with Crippen molar-refractivity contribution in [3.63, 3.8) is 0 Å². The van der Waals surface area contributed by atoms with E-state index in [1.54, 1.807) is 0 Å². The topological polar surface area (TPSA) is 55.1 Å². The highest BCUT2D eigenvalue weighted by Gasteiger charge is 2.35. The zero-order valence-electron chi connectivity index (χ0n) is 34.8. The molecule has 0 bridgehead atoms. The van der Waals surface area contributed by atoms with E-state index in [1.165, 1.54) is 22.3 Å². The molecule has 2 aromatic heterocycles. The molecule has 0 radical (unpaired) electrons. The molecule has 0 amide bonds. The predicted molar refractivity (Wildman–Crippen MR) is 259 cm³/mol. The van der Waals surface area contributed by atoms with Gasteiger partial charge in [-0.05, 0) is 93.2 Å². The van der Waals surface area contributed by atoms with Crippen molar-refractivity contribution in [2.75, 3.05) is 4.90 Å². The van der Waals surface area contributed by atoms with Gasteiger partial charge >= 0.3 is 0 Å². The first-order valence-corrected chi connectivity index (χ1v) is 21.4. The Hall–Kier alpha value is -8.15. The van der Waals surface area contributed by atoms with Gasteiger partial charge in [0.05, 0.1) is 0 Å². The van der Waals surface area contributed by atoms with Gasteiger partial charge in [-0.3, -0.25) is 0 Å². The molecule has 0 aliphatic heterocycles. The molecule has 12 rings (SSSR count). The van der Waals surface area contributed by atoms with Crippen LogP contribution in [0.25, 0.3) is 89.1 Å². The van der Waals surface area contributed by atoms with Gasteiger partial charge in [-0.2, -0.15) is 0 Å². The largest absolute Gasteiger partial charge is 0.455 e. The van der Waals surface area contributed by atoms with Crippen molar-refractivity contribution in [3.8, 4) is 56.4 Å². The highest BCUT2D eigenvalue weighted by molar-refractivity contribution is 6.25. The molecule has 0 unspecified atom stereocenters. The maximum Gasteiger partial charge on any atom is 0.164 e. The first kappa shape index (κ1) is 36.7. The number of benzene rings is 9. The molecule has 1 aliphatic rings. The van der Waals surface area contributed by atoms with Crippen LogP contribution in [0, 0.1) is 0 Å². The molecule has 1 aliphatic carbocycles. The van der Waals surface area contributed by atoms with E-state index in [-0.39, 0.29) is 5.41 Å². The molecule has 0 spiro atoms. The van der Waals surface area contributed by atoms with E-state index in [4.69, 9.17) is 19.4 Å². The Kier molecular flexibility index (Phi) is 8.44. The monoisotopic (exact) mass is 808 g/mol. The Labute approximate surface area is 365 Å². The van der Waals surface area contributed by atoms with E-state index in [9.17, 15) is 0 Å². The summed E-state index contributed by atoms with van der Waals surface area (Å²) in [5.74, 6) is 1.84. The van der Waals surface area contributed by atoms with Crippen LogP contribution < -0.4 is 4.90 Å². The van der Waals surface area contributed by atoms with Crippen LogP contribution in [0.15, 0.2) is 211 Å². The number of aromatic nitrogens is 3. The zero-order valence-corrected chi connectivity index (χ0v) is 34.8. The van der Waals surface area contributed by atoms with E-state index in [0.717, 1.165) is 77.6 Å². The van der Waals surface area contributed by atoms with Crippen LogP contribution in [0.5, 0.6) is 0 Å². The van der Waals surface area contributed by atoms with Gasteiger partial charge in [-0.25, -0.2) is 15.0 Å². The fourth-order valence-corrected chi connectivity index (χ4v) is 9.64. The summed E-state index contributed by atoms with van der Waals surface area (Å²) < 4.78 is 6.98. The minimum atomic E-state index is -0.163. The second-order valence-electron chi connectivity index (χ2n) is 16.8. The summed E-state index contributed by atoms with van der Waals surface area (Å²) in [5.41, 5.74) is 14.7. The number of hydrogen-bond donors (Lipinski definition) is 0. The lowest BCUT2D eigenvalue weighted by Crippen LogP contribution is -2.15. The smallest absolute Gasteiger partial charge is 0.164 e. The fraction of sp³-hybridized carbons (Fsp3) is 0.0517. The SMILES string of the molecule is CC1(C)c2ccccc2-c2ccc(-c3nc(-c4ccccc4)nc(-c4cccc5oc6c(-c7ccc(N(c8ccccc8)c8ccccc8)cc7)cc7ccccc7c6c45)n3)cc21. The Morgan fingerprint density at radius 3 is 1.71 bits per heavy atom. The molecule has 0 saturated carbocycles. The van der Waals surface area contributed by atoms with Gasteiger partial charge < -0.3 is 9.32 Å². The third-order valence-corrected chi connectivity index (χ3v) is 12.7. The van der Waals surface area contributed by atoms with Gasteiger partial charge in [0.15, 0.2) is 17.5 Å². The first-order valence-electron chi connectivity index (χ1n) is 21.4. The van der Waals surface area contributed by atoms with Crippen LogP contribution in [-0.4, -0.2) is 15.0 Å². The summed E-state index contributed by atoms with van der Waals surface area (Å²) in [6.07, 6.45) is 0. The highest BCUT2D eigenvalue weighted by atomic mass is 16.3. The predicted octanol–water partition coefficient (Wildman–Crippen LogP) is 15.4. The van der Waals surface area contributed by atoms with Crippen molar-refractivity contribution in [2.24, 2.45) is 0 Å². The summed E-state index contributed by atoms with van der Waals surface area (Å²) in [7, 11) is 0. The summed E-state index contributed by atoms with van der Waals surface area (Å²) in [5, 5.41) is 4.24. The molecular weight excluding hydrogens is 769 g/mol. The average Bonchev–Trinajstić information content (AvgIpc) is 3.85. The average molecular weight is 809 g/mol. The second kappa shape index (κ2) is 14.5. The molecule has 0 atom stereocenters. The number of para-hydroxylation sites is 2. The van der Waals surface area contributed by atoms with Gasteiger partial charge in [0.25, 0.3) is 0 Å². The van der Waals surface area contributed by atoms with E-state index in [0.29, 0.717) is 17.5 Å². The lowest BCUT2D eigenvalue weighted by Gasteiger charge is -2.25. The molecule has 5 heteroatoms. The third kappa shape index (κ3) is 6.04. The summed E-state index contributed by atoms with van der Waals surface area (Å²) in [6, 6.07) is 72.4. The molecule has 9 aromatic carbocycles. The Morgan fingerprint density at radius 2 is 0.968 bits per heavy atom. The highest BCUT2D eigenvalue weighted by Crippen LogP contribution is 2.50. The van der Waals surface area contributed by atoms with Crippen molar-refractivity contribution in [2.45, 2.75) is 19.3 Å². The zero-order chi connectivity index (χ0) is 42.1. The molecule has 298 valence electrons. The number of hydrogen-bond acceptors (Lipinski definition) is 5. The molecule has 0 N–H and O–H groups in total.